The van der Waals surface area contributed by atoms with E-state index in [1.165, 1.54) is 28.9 Å². The molecule has 1 aromatic carbocycles. The average molecular weight is 414 g/mol. The van der Waals surface area contributed by atoms with Crippen molar-refractivity contribution in [2.24, 2.45) is 14.1 Å². The molecule has 29 heavy (non-hydrogen) atoms. The van der Waals surface area contributed by atoms with E-state index >= 15 is 0 Å². The number of benzene rings is 1. The maximum Gasteiger partial charge on any atom is 0.332 e. The predicted octanol–water partition coefficient (Wildman–Crippen LogP) is 1.52. The lowest BCUT2D eigenvalue weighted by atomic mass is 10.1. The first-order valence-corrected chi connectivity index (χ1v) is 10.5. The van der Waals surface area contributed by atoms with Crippen LogP contribution in [0, 0.1) is 0 Å². The highest BCUT2D eigenvalue weighted by Crippen LogP contribution is 2.33. The van der Waals surface area contributed by atoms with Gasteiger partial charge in [0.15, 0.2) is 16.3 Å². The summed E-state index contributed by atoms with van der Waals surface area (Å²) in [6, 6.07) is 8.07. The molecule has 152 valence electrons. The van der Waals surface area contributed by atoms with Gasteiger partial charge < -0.3 is 9.47 Å². The van der Waals surface area contributed by atoms with E-state index in [-0.39, 0.29) is 23.3 Å². The molecule has 0 bridgehead atoms. The van der Waals surface area contributed by atoms with E-state index in [9.17, 15) is 14.4 Å². The Hall–Kier alpha value is -2.81. The molecule has 3 aromatic rings. The van der Waals surface area contributed by atoms with E-state index in [0.717, 1.165) is 16.7 Å². The molecule has 0 aliphatic carbocycles. The zero-order valence-electron chi connectivity index (χ0n) is 16.9. The van der Waals surface area contributed by atoms with Gasteiger partial charge in [-0.15, -0.1) is 0 Å². The van der Waals surface area contributed by atoms with Crippen LogP contribution in [0.25, 0.3) is 11.2 Å². The van der Waals surface area contributed by atoms with Crippen LogP contribution in [-0.2, 0) is 31.9 Å². The van der Waals surface area contributed by atoms with Crippen LogP contribution in [0.5, 0.6) is 0 Å². The number of thioether (sulfide) groups is 1. The highest BCUT2D eigenvalue weighted by atomic mass is 32.2. The van der Waals surface area contributed by atoms with Crippen LogP contribution in [0.1, 0.15) is 19.4 Å². The molecular weight excluding hydrogens is 390 g/mol. The Kier molecular flexibility index (Phi) is 4.85. The van der Waals surface area contributed by atoms with Crippen molar-refractivity contribution in [3.63, 3.8) is 0 Å². The van der Waals surface area contributed by atoms with Crippen LogP contribution in [0.15, 0.2) is 39.0 Å². The van der Waals surface area contributed by atoms with Gasteiger partial charge >= 0.3 is 5.69 Å². The fraction of sp³-hybridized carbons (Fsp3) is 0.400. The van der Waals surface area contributed by atoms with Gasteiger partial charge in [-0.05, 0) is 31.9 Å². The SMILES string of the molecule is CCn1c(SCC(=O)N2c3ccccc3C[C@H]2C)nc2c1c(=O)n(C)c(=O)n2C. The van der Waals surface area contributed by atoms with Crippen molar-refractivity contribution in [1.82, 2.24) is 18.7 Å². The Balaban J connectivity index is 1.66. The second kappa shape index (κ2) is 7.22. The summed E-state index contributed by atoms with van der Waals surface area (Å²) in [4.78, 5) is 44.2. The predicted molar refractivity (Wildman–Crippen MR) is 114 cm³/mol. The number of para-hydroxylation sites is 1. The molecule has 0 unspecified atom stereocenters. The molecule has 0 radical (unpaired) electrons. The highest BCUT2D eigenvalue weighted by Gasteiger charge is 2.30. The summed E-state index contributed by atoms with van der Waals surface area (Å²) in [6.07, 6.45) is 0.845. The number of anilines is 1. The molecule has 0 fully saturated rings. The summed E-state index contributed by atoms with van der Waals surface area (Å²) >= 11 is 1.30. The highest BCUT2D eigenvalue weighted by molar-refractivity contribution is 7.99. The summed E-state index contributed by atoms with van der Waals surface area (Å²) in [6.45, 7) is 4.48. The van der Waals surface area contributed by atoms with Gasteiger partial charge in [0.2, 0.25) is 5.91 Å². The minimum atomic E-state index is -0.418. The molecule has 1 aliphatic heterocycles. The van der Waals surface area contributed by atoms with E-state index in [0.29, 0.717) is 22.9 Å². The largest absolute Gasteiger partial charge is 0.332 e. The van der Waals surface area contributed by atoms with Crippen molar-refractivity contribution in [2.75, 3.05) is 10.7 Å². The molecule has 0 saturated heterocycles. The van der Waals surface area contributed by atoms with Gasteiger partial charge in [-0.2, -0.15) is 0 Å². The summed E-state index contributed by atoms with van der Waals surface area (Å²) in [5, 5.41) is 0.564. The van der Waals surface area contributed by atoms with Crippen molar-refractivity contribution in [2.45, 2.75) is 38.0 Å². The number of hydrogen-bond acceptors (Lipinski definition) is 5. The Labute approximate surface area is 171 Å². The third kappa shape index (κ3) is 3.00. The number of carbonyl (C=O) groups is 1. The number of fused-ring (bicyclic) bond motifs is 2. The third-order valence-corrected chi connectivity index (χ3v) is 6.39. The maximum atomic E-state index is 13.0. The summed E-state index contributed by atoms with van der Waals surface area (Å²) in [5.41, 5.74) is 2.07. The minimum absolute atomic E-state index is 0.00366. The van der Waals surface area contributed by atoms with Crippen LogP contribution in [0.2, 0.25) is 0 Å². The molecule has 8 nitrogen and oxygen atoms in total. The number of imidazole rings is 1. The Morgan fingerprint density at radius 1 is 1.21 bits per heavy atom. The lowest BCUT2D eigenvalue weighted by Crippen LogP contribution is -2.37. The molecule has 1 amide bonds. The van der Waals surface area contributed by atoms with Gasteiger partial charge in [0.05, 0.1) is 5.75 Å². The second-order valence-corrected chi connectivity index (χ2v) is 8.19. The number of hydrogen-bond donors (Lipinski definition) is 0. The van der Waals surface area contributed by atoms with Crippen molar-refractivity contribution >= 4 is 34.5 Å². The number of rotatable bonds is 4. The number of carbonyl (C=O) groups excluding carboxylic acids is 1. The first-order valence-electron chi connectivity index (χ1n) is 9.54. The molecular formula is C20H23N5O3S. The zero-order chi connectivity index (χ0) is 20.9. The zero-order valence-corrected chi connectivity index (χ0v) is 17.7. The second-order valence-electron chi connectivity index (χ2n) is 7.25. The smallest absolute Gasteiger partial charge is 0.313 e. The average Bonchev–Trinajstić information content (AvgIpc) is 3.25. The molecule has 1 aliphatic rings. The third-order valence-electron chi connectivity index (χ3n) is 5.43. The van der Waals surface area contributed by atoms with E-state index in [2.05, 4.69) is 11.1 Å². The topological polar surface area (TPSA) is 82.1 Å². The van der Waals surface area contributed by atoms with Crippen LogP contribution >= 0.6 is 11.8 Å². The molecule has 4 rings (SSSR count). The maximum absolute atomic E-state index is 13.0. The van der Waals surface area contributed by atoms with Gasteiger partial charge in [-0.3, -0.25) is 18.7 Å². The molecule has 1 atom stereocenters. The molecule has 0 N–H and O–H groups in total. The van der Waals surface area contributed by atoms with Gasteiger partial charge in [0, 0.05) is 32.4 Å². The van der Waals surface area contributed by atoms with Crippen LogP contribution in [-0.4, -0.2) is 36.4 Å². The van der Waals surface area contributed by atoms with Gasteiger partial charge in [-0.1, -0.05) is 30.0 Å². The monoisotopic (exact) mass is 413 g/mol. The summed E-state index contributed by atoms with van der Waals surface area (Å²) < 4.78 is 4.22. The van der Waals surface area contributed by atoms with E-state index in [4.69, 9.17) is 0 Å². The van der Waals surface area contributed by atoms with Crippen molar-refractivity contribution in [3.8, 4) is 0 Å². The Morgan fingerprint density at radius 2 is 1.93 bits per heavy atom. The Bertz CT molecular complexity index is 1240. The molecule has 2 aromatic heterocycles. The molecule has 3 heterocycles. The van der Waals surface area contributed by atoms with E-state index < -0.39 is 5.69 Å². The van der Waals surface area contributed by atoms with Gasteiger partial charge in [-0.25, -0.2) is 9.78 Å². The van der Waals surface area contributed by atoms with E-state index in [1.807, 2.05) is 36.9 Å². The summed E-state index contributed by atoms with van der Waals surface area (Å²) in [5.74, 6) is 0.208. The first-order chi connectivity index (χ1) is 13.8. The first kappa shape index (κ1) is 19.5. The lowest BCUT2D eigenvalue weighted by molar-refractivity contribution is -0.116. The fourth-order valence-corrected chi connectivity index (χ4v) is 4.89. The van der Waals surface area contributed by atoms with Crippen molar-refractivity contribution in [1.29, 1.82) is 0 Å². The number of amides is 1. The quantitative estimate of drug-likeness (QED) is 0.606. The van der Waals surface area contributed by atoms with E-state index in [1.54, 1.807) is 11.6 Å². The van der Waals surface area contributed by atoms with Crippen molar-refractivity contribution in [3.05, 3.63) is 50.7 Å². The molecule has 0 saturated carbocycles. The molecule has 9 heteroatoms. The number of aryl methyl sites for hydroxylation is 2. The number of aromatic nitrogens is 4. The molecule has 0 spiro atoms. The normalized spacial score (nSPS) is 15.9. The standard InChI is InChI=1S/C20H23N5O3S/c1-5-24-16-17(22(3)20(28)23(4)18(16)27)21-19(24)29-11-15(26)25-12(2)10-13-8-6-7-9-14(13)25/h6-9,12H,5,10-11H2,1-4H3/t12-/m1/s1. The van der Waals surface area contributed by atoms with Gasteiger partial charge in [0.25, 0.3) is 5.56 Å². The van der Waals surface area contributed by atoms with Crippen LogP contribution in [0.4, 0.5) is 5.69 Å². The lowest BCUT2D eigenvalue weighted by Gasteiger charge is -2.22. The van der Waals surface area contributed by atoms with Crippen LogP contribution < -0.4 is 16.1 Å². The number of nitrogens with zero attached hydrogens (tertiary/aromatic N) is 5. The van der Waals surface area contributed by atoms with Gasteiger partial charge in [0.1, 0.15) is 0 Å². The summed E-state index contributed by atoms with van der Waals surface area (Å²) in [7, 11) is 3.05. The fourth-order valence-electron chi connectivity index (χ4n) is 3.97. The Morgan fingerprint density at radius 3 is 2.66 bits per heavy atom. The van der Waals surface area contributed by atoms with Crippen LogP contribution in [0.3, 0.4) is 0 Å². The minimum Gasteiger partial charge on any atom is -0.313 e. The van der Waals surface area contributed by atoms with Crippen molar-refractivity contribution < 1.29 is 4.79 Å².